The highest BCUT2D eigenvalue weighted by Crippen LogP contribution is 2.04. The molecule has 1 fully saturated rings. The first kappa shape index (κ1) is 14.4. The lowest BCUT2D eigenvalue weighted by atomic mass is 10.1. The first-order valence-corrected chi connectivity index (χ1v) is 6.41. The molecule has 0 saturated carbocycles. The van der Waals surface area contributed by atoms with Crippen LogP contribution in [0, 0.1) is 5.92 Å². The lowest BCUT2D eigenvalue weighted by molar-refractivity contribution is -0.124. The lowest BCUT2D eigenvalue weighted by Gasteiger charge is -2.32. The number of ether oxygens (including phenoxy) is 1. The third-order valence-corrected chi connectivity index (χ3v) is 3.20. The Hall–Kier alpha value is -0.650. The number of carbonyl (C=O) groups excluding carboxylic acids is 1. The number of morpholine rings is 1. The van der Waals surface area contributed by atoms with Crippen LogP contribution in [0.5, 0.6) is 0 Å². The maximum atomic E-state index is 11.7. The van der Waals surface area contributed by atoms with Crippen molar-refractivity contribution in [2.45, 2.75) is 32.9 Å². The molecule has 0 radical (unpaired) electrons. The van der Waals surface area contributed by atoms with E-state index in [-0.39, 0.29) is 17.9 Å². The number of hydrogen-bond acceptors (Lipinski definition) is 4. The highest BCUT2D eigenvalue weighted by molar-refractivity contribution is 5.81. The van der Waals surface area contributed by atoms with E-state index < -0.39 is 6.04 Å². The van der Waals surface area contributed by atoms with Crippen molar-refractivity contribution in [1.82, 2.24) is 10.2 Å². The molecule has 1 aliphatic heterocycles. The quantitative estimate of drug-likeness (QED) is 0.702. The van der Waals surface area contributed by atoms with Crippen LogP contribution in [0.1, 0.15) is 20.8 Å². The van der Waals surface area contributed by atoms with E-state index in [1.54, 1.807) is 0 Å². The first-order chi connectivity index (χ1) is 8.04. The van der Waals surface area contributed by atoms with Gasteiger partial charge in [0.1, 0.15) is 0 Å². The molecule has 0 spiro atoms. The Morgan fingerprint density at radius 2 is 2.29 bits per heavy atom. The summed E-state index contributed by atoms with van der Waals surface area (Å²) in [7, 11) is 0. The number of carbonyl (C=O) groups is 1. The van der Waals surface area contributed by atoms with Gasteiger partial charge in [-0.25, -0.2) is 0 Å². The average Bonchev–Trinajstić information content (AvgIpc) is 2.35. The van der Waals surface area contributed by atoms with Crippen LogP contribution in [0.25, 0.3) is 0 Å². The van der Waals surface area contributed by atoms with Crippen molar-refractivity contribution >= 4 is 5.91 Å². The minimum atomic E-state index is -0.430. The van der Waals surface area contributed by atoms with E-state index in [1.807, 2.05) is 13.8 Å². The molecule has 100 valence electrons. The molecule has 2 atom stereocenters. The molecular formula is C12H25N3O2. The van der Waals surface area contributed by atoms with Gasteiger partial charge in [-0.2, -0.15) is 0 Å². The number of nitrogens with two attached hydrogens (primary N) is 1. The van der Waals surface area contributed by atoms with Gasteiger partial charge in [-0.05, 0) is 12.5 Å². The van der Waals surface area contributed by atoms with Gasteiger partial charge in [0.25, 0.3) is 0 Å². The normalized spacial score (nSPS) is 23.7. The van der Waals surface area contributed by atoms with Gasteiger partial charge in [0.05, 0.1) is 18.8 Å². The summed E-state index contributed by atoms with van der Waals surface area (Å²) in [6, 6.07) is -0.430. The van der Waals surface area contributed by atoms with Gasteiger partial charge >= 0.3 is 0 Å². The van der Waals surface area contributed by atoms with E-state index in [1.165, 1.54) is 0 Å². The molecule has 1 aliphatic rings. The Kier molecular flexibility index (Phi) is 5.88. The zero-order valence-electron chi connectivity index (χ0n) is 11.1. The Morgan fingerprint density at radius 3 is 2.88 bits per heavy atom. The SMILES string of the molecule is CCN1CCOC(CNC(=O)[C@@H](N)C(C)C)C1. The fourth-order valence-corrected chi connectivity index (χ4v) is 1.83. The summed E-state index contributed by atoms with van der Waals surface area (Å²) >= 11 is 0. The van der Waals surface area contributed by atoms with Crippen LogP contribution in [-0.4, -0.2) is 55.7 Å². The second kappa shape index (κ2) is 6.93. The van der Waals surface area contributed by atoms with Crippen LogP contribution >= 0.6 is 0 Å². The summed E-state index contributed by atoms with van der Waals surface area (Å²) in [5.74, 6) is 0.0756. The van der Waals surface area contributed by atoms with E-state index >= 15 is 0 Å². The van der Waals surface area contributed by atoms with Crippen molar-refractivity contribution in [3.63, 3.8) is 0 Å². The van der Waals surface area contributed by atoms with Crippen molar-refractivity contribution in [3.8, 4) is 0 Å². The summed E-state index contributed by atoms with van der Waals surface area (Å²) in [6.07, 6.45) is 0.0898. The fraction of sp³-hybridized carbons (Fsp3) is 0.917. The van der Waals surface area contributed by atoms with Gasteiger partial charge in [-0.3, -0.25) is 9.69 Å². The van der Waals surface area contributed by atoms with Crippen molar-refractivity contribution in [2.24, 2.45) is 11.7 Å². The molecule has 0 aromatic carbocycles. The van der Waals surface area contributed by atoms with Crippen LogP contribution in [0.2, 0.25) is 0 Å². The molecule has 1 rings (SSSR count). The van der Waals surface area contributed by atoms with Gasteiger partial charge in [0.2, 0.25) is 5.91 Å². The third-order valence-electron chi connectivity index (χ3n) is 3.20. The van der Waals surface area contributed by atoms with Crippen LogP contribution in [0.15, 0.2) is 0 Å². The molecule has 5 nitrogen and oxygen atoms in total. The standard InChI is InChI=1S/C12H25N3O2/c1-4-15-5-6-17-10(8-15)7-14-12(16)11(13)9(2)3/h9-11H,4-8,13H2,1-3H3,(H,14,16)/t10?,11-/m0/s1. The minimum Gasteiger partial charge on any atom is -0.374 e. The van der Waals surface area contributed by atoms with Crippen LogP contribution in [0.3, 0.4) is 0 Å². The molecule has 5 heteroatoms. The molecule has 0 bridgehead atoms. The number of nitrogens with zero attached hydrogens (tertiary/aromatic N) is 1. The van der Waals surface area contributed by atoms with E-state index in [9.17, 15) is 4.79 Å². The van der Waals surface area contributed by atoms with Gasteiger partial charge in [-0.1, -0.05) is 20.8 Å². The van der Waals surface area contributed by atoms with E-state index in [4.69, 9.17) is 10.5 Å². The first-order valence-electron chi connectivity index (χ1n) is 6.41. The Labute approximate surface area is 104 Å². The van der Waals surface area contributed by atoms with Crippen molar-refractivity contribution in [3.05, 3.63) is 0 Å². The number of rotatable bonds is 5. The highest BCUT2D eigenvalue weighted by Gasteiger charge is 2.22. The lowest BCUT2D eigenvalue weighted by Crippen LogP contribution is -2.50. The summed E-state index contributed by atoms with van der Waals surface area (Å²) in [5, 5.41) is 2.86. The molecule has 1 amide bonds. The zero-order chi connectivity index (χ0) is 12.8. The molecule has 0 aliphatic carbocycles. The number of hydrogen-bond donors (Lipinski definition) is 2. The van der Waals surface area contributed by atoms with Crippen molar-refractivity contribution in [2.75, 3.05) is 32.8 Å². The van der Waals surface area contributed by atoms with Crippen molar-refractivity contribution in [1.29, 1.82) is 0 Å². The van der Waals surface area contributed by atoms with Crippen molar-refractivity contribution < 1.29 is 9.53 Å². The molecule has 17 heavy (non-hydrogen) atoms. The fourth-order valence-electron chi connectivity index (χ4n) is 1.83. The molecule has 0 aromatic heterocycles. The van der Waals surface area contributed by atoms with E-state index in [0.717, 1.165) is 26.2 Å². The monoisotopic (exact) mass is 243 g/mol. The van der Waals surface area contributed by atoms with Gasteiger partial charge in [-0.15, -0.1) is 0 Å². The molecule has 3 N–H and O–H groups in total. The molecular weight excluding hydrogens is 218 g/mol. The maximum Gasteiger partial charge on any atom is 0.237 e. The number of nitrogens with one attached hydrogen (secondary N) is 1. The smallest absolute Gasteiger partial charge is 0.237 e. The number of amides is 1. The average molecular weight is 243 g/mol. The minimum absolute atomic E-state index is 0.0859. The second-order valence-corrected chi connectivity index (χ2v) is 4.90. The largest absolute Gasteiger partial charge is 0.374 e. The zero-order valence-corrected chi connectivity index (χ0v) is 11.1. The number of likely N-dealkylation sites (N-methyl/N-ethyl adjacent to an activating group) is 1. The van der Waals surface area contributed by atoms with Gasteiger partial charge in [0, 0.05) is 19.6 Å². The summed E-state index contributed by atoms with van der Waals surface area (Å²) in [4.78, 5) is 14.0. The maximum absolute atomic E-state index is 11.7. The van der Waals surface area contributed by atoms with Crippen LogP contribution in [0.4, 0.5) is 0 Å². The second-order valence-electron chi connectivity index (χ2n) is 4.90. The van der Waals surface area contributed by atoms with E-state index in [2.05, 4.69) is 17.1 Å². The predicted molar refractivity (Wildman–Crippen MR) is 67.7 cm³/mol. The highest BCUT2D eigenvalue weighted by atomic mass is 16.5. The molecule has 0 aromatic rings. The molecule has 1 saturated heterocycles. The van der Waals surface area contributed by atoms with E-state index in [0.29, 0.717) is 6.54 Å². The summed E-state index contributed by atoms with van der Waals surface area (Å²) < 4.78 is 5.60. The molecule has 1 unspecified atom stereocenters. The third kappa shape index (κ3) is 4.61. The Balaban J connectivity index is 2.28. The Morgan fingerprint density at radius 1 is 1.59 bits per heavy atom. The predicted octanol–water partition coefficient (Wildman–Crippen LogP) is -0.193. The summed E-state index contributed by atoms with van der Waals surface area (Å²) in [6.45, 7) is 10.2. The van der Waals surface area contributed by atoms with Gasteiger partial charge < -0.3 is 15.8 Å². The van der Waals surface area contributed by atoms with Crippen LogP contribution < -0.4 is 11.1 Å². The Bertz CT molecular complexity index is 246. The summed E-state index contributed by atoms with van der Waals surface area (Å²) in [5.41, 5.74) is 5.77. The van der Waals surface area contributed by atoms with Crippen LogP contribution in [-0.2, 0) is 9.53 Å². The molecule has 1 heterocycles. The topological polar surface area (TPSA) is 67.6 Å². The van der Waals surface area contributed by atoms with Gasteiger partial charge in [0.15, 0.2) is 0 Å².